The highest BCUT2D eigenvalue weighted by Gasteiger charge is 2.39. The number of nitrogens with one attached hydrogen (secondary N) is 3. The summed E-state index contributed by atoms with van der Waals surface area (Å²) in [5.41, 5.74) is 0.575. The molecular formula is C28H30ClN3O10S2. The number of halogens is 1. The molecule has 1 heterocycles. The van der Waals surface area contributed by atoms with Crippen molar-refractivity contribution in [2.24, 2.45) is 0 Å². The fourth-order valence-corrected chi connectivity index (χ4v) is 7.61. The molecule has 0 bridgehead atoms. The van der Waals surface area contributed by atoms with Gasteiger partial charge in [0.25, 0.3) is 0 Å². The molecule has 2 amide bonds. The number of esters is 1. The summed E-state index contributed by atoms with van der Waals surface area (Å²) in [7, 11) is -6.44. The number of aromatic hydroxyl groups is 1. The minimum atomic E-state index is -4.14. The van der Waals surface area contributed by atoms with Crippen molar-refractivity contribution in [2.75, 3.05) is 20.3 Å². The molecule has 0 spiro atoms. The third kappa shape index (κ3) is 7.80. The van der Waals surface area contributed by atoms with Gasteiger partial charge in [-0.15, -0.1) is 10.8 Å². The number of rotatable bonds is 12. The Morgan fingerprint density at radius 1 is 1.11 bits per heavy atom. The first-order valence-electron chi connectivity index (χ1n) is 13.1. The van der Waals surface area contributed by atoms with Crippen LogP contribution in [0.2, 0.25) is 5.02 Å². The molecule has 3 aromatic carbocycles. The van der Waals surface area contributed by atoms with Crippen LogP contribution in [-0.4, -0.2) is 66.7 Å². The largest absolute Gasteiger partial charge is 0.507 e. The van der Waals surface area contributed by atoms with Crippen molar-refractivity contribution in [3.8, 4) is 11.5 Å². The molecule has 1 aliphatic heterocycles. The Hall–Kier alpha value is -3.86. The van der Waals surface area contributed by atoms with Gasteiger partial charge in [0.1, 0.15) is 35.0 Å². The van der Waals surface area contributed by atoms with E-state index in [2.05, 4.69) is 19.5 Å². The Bertz CT molecular complexity index is 1650. The molecule has 0 radical (unpaired) electrons. The molecule has 0 aromatic heterocycles. The van der Waals surface area contributed by atoms with Crippen molar-refractivity contribution in [1.29, 1.82) is 0 Å². The first-order valence-corrected chi connectivity index (χ1v) is 16.5. The van der Waals surface area contributed by atoms with Gasteiger partial charge in [0.05, 0.1) is 25.0 Å². The number of phenols is 1. The van der Waals surface area contributed by atoms with Crippen LogP contribution in [0.4, 0.5) is 0 Å². The van der Waals surface area contributed by atoms with Crippen molar-refractivity contribution in [1.82, 2.24) is 14.8 Å². The minimum absolute atomic E-state index is 0.0259. The van der Waals surface area contributed by atoms with Gasteiger partial charge in [-0.1, -0.05) is 48.0 Å². The number of hydrogen-bond acceptors (Lipinski definition) is 10. The average Bonchev–Trinajstić information content (AvgIpc) is 3.26. The highest BCUT2D eigenvalue weighted by molar-refractivity contribution is 8.23. The maximum atomic E-state index is 13.3. The Morgan fingerprint density at radius 3 is 2.48 bits per heavy atom. The maximum absolute atomic E-state index is 13.3. The van der Waals surface area contributed by atoms with Crippen LogP contribution in [0.3, 0.4) is 0 Å². The lowest BCUT2D eigenvalue weighted by Gasteiger charge is -2.33. The van der Waals surface area contributed by atoms with E-state index in [-0.39, 0.29) is 53.0 Å². The van der Waals surface area contributed by atoms with Crippen LogP contribution in [0.15, 0.2) is 71.6 Å². The van der Waals surface area contributed by atoms with Gasteiger partial charge in [-0.3, -0.25) is 23.4 Å². The molecule has 1 saturated heterocycles. The molecule has 0 saturated carbocycles. The molecule has 16 heteroatoms. The van der Waals surface area contributed by atoms with Gasteiger partial charge >= 0.3 is 5.97 Å². The summed E-state index contributed by atoms with van der Waals surface area (Å²) in [5, 5.41) is 11.8. The van der Waals surface area contributed by atoms with Crippen LogP contribution in [-0.2, 0) is 30.8 Å². The smallest absolute Gasteiger partial charge is 0.345 e. The second kappa shape index (κ2) is 13.8. The monoisotopic (exact) mass is 667 g/mol. The Morgan fingerprint density at radius 2 is 1.84 bits per heavy atom. The highest BCUT2D eigenvalue weighted by atomic mass is 35.5. The first kappa shape index (κ1) is 33.0. The summed E-state index contributed by atoms with van der Waals surface area (Å²) in [4.78, 5) is 37.0. The van der Waals surface area contributed by atoms with Gasteiger partial charge in [-0.05, 0) is 47.9 Å². The Balaban J connectivity index is 1.50. The molecule has 1 aliphatic rings. The summed E-state index contributed by atoms with van der Waals surface area (Å²) in [6.07, 6.45) is -0.314. The second-order valence-corrected chi connectivity index (χ2v) is 13.7. The Labute approximate surface area is 260 Å². The van der Waals surface area contributed by atoms with Crippen LogP contribution in [0.1, 0.15) is 33.2 Å². The van der Waals surface area contributed by atoms with E-state index >= 15 is 0 Å². The summed E-state index contributed by atoms with van der Waals surface area (Å²) < 4.78 is 61.5. The molecule has 2 atom stereocenters. The number of sulfonamides is 1. The van der Waals surface area contributed by atoms with E-state index in [1.54, 1.807) is 12.1 Å². The molecular weight excluding hydrogens is 638 g/mol. The minimum Gasteiger partial charge on any atom is -0.507 e. The molecule has 13 nitrogen and oxygen atoms in total. The van der Waals surface area contributed by atoms with Crippen LogP contribution in [0, 0.1) is 0 Å². The molecule has 6 N–H and O–H groups in total. The van der Waals surface area contributed by atoms with Gasteiger partial charge in [0.15, 0.2) is 0 Å². The zero-order valence-corrected chi connectivity index (χ0v) is 25.6. The van der Waals surface area contributed by atoms with Gasteiger partial charge in [0.2, 0.25) is 21.8 Å². The average molecular weight is 668 g/mol. The number of ether oxygens (including phenoxy) is 2. The SMILES string of the molecule is COC(=O)c1c(O)cccc1OCCNC(=O)C(Cc1ccc(C2CC(=O)NS2(O)O)c(Cl)c1)NS(=O)(=O)c1ccccc1. The van der Waals surface area contributed by atoms with E-state index in [9.17, 15) is 37.0 Å². The molecule has 4 rings (SSSR count). The molecule has 2 unspecified atom stereocenters. The molecule has 1 fully saturated rings. The number of carbonyl (C=O) groups excluding carboxylic acids is 3. The van der Waals surface area contributed by atoms with E-state index in [4.69, 9.17) is 16.3 Å². The van der Waals surface area contributed by atoms with Gasteiger partial charge < -0.3 is 19.9 Å². The number of benzene rings is 3. The highest BCUT2D eigenvalue weighted by Crippen LogP contribution is 2.57. The molecule has 3 aromatic rings. The standard InChI is InChI=1S/C28H30ClN3O10S2/c1-41-28(36)26-22(33)8-5-9-23(26)42-13-12-30-27(35)21(31-43(37,38)18-6-3-2-4-7-18)15-17-10-11-19(20(29)14-17)24-16-25(34)32-44(24,39)40/h2-11,14,21,24,31,33,39-40H,12-13,15-16H2,1H3,(H,30,35)(H,32,34). The van der Waals surface area contributed by atoms with Crippen molar-refractivity contribution in [2.45, 2.75) is 29.0 Å². The van der Waals surface area contributed by atoms with Crippen molar-refractivity contribution >= 4 is 50.2 Å². The normalized spacial score (nSPS) is 17.3. The third-order valence-electron chi connectivity index (χ3n) is 6.60. The van der Waals surface area contributed by atoms with Crippen molar-refractivity contribution in [3.63, 3.8) is 0 Å². The van der Waals surface area contributed by atoms with Crippen molar-refractivity contribution < 1.29 is 46.5 Å². The lowest BCUT2D eigenvalue weighted by molar-refractivity contribution is -0.123. The third-order valence-corrected chi connectivity index (χ3v) is 10.2. The second-order valence-electron chi connectivity index (χ2n) is 9.64. The quantitative estimate of drug-likeness (QED) is 0.123. The van der Waals surface area contributed by atoms with Gasteiger partial charge in [-0.25, -0.2) is 13.2 Å². The molecule has 0 aliphatic carbocycles. The topological polar surface area (TPSA) is 201 Å². The first-order chi connectivity index (χ1) is 20.8. The number of amides is 2. The van der Waals surface area contributed by atoms with E-state index < -0.39 is 49.9 Å². The van der Waals surface area contributed by atoms with Crippen LogP contribution >= 0.6 is 22.4 Å². The zero-order chi connectivity index (χ0) is 32.1. The van der Waals surface area contributed by atoms with Crippen molar-refractivity contribution in [3.05, 3.63) is 88.4 Å². The van der Waals surface area contributed by atoms with E-state index in [1.807, 2.05) is 0 Å². The fourth-order valence-electron chi connectivity index (χ4n) is 4.49. The zero-order valence-electron chi connectivity index (χ0n) is 23.2. The molecule has 236 valence electrons. The van der Waals surface area contributed by atoms with Gasteiger partial charge in [0, 0.05) is 5.02 Å². The summed E-state index contributed by atoms with van der Waals surface area (Å²) in [5.74, 6) is -2.37. The number of methoxy groups -OCH3 is 1. The van der Waals surface area contributed by atoms with E-state index in [0.717, 1.165) is 7.11 Å². The predicted octanol–water partition coefficient (Wildman–Crippen LogP) is 3.14. The number of carbonyl (C=O) groups is 3. The fraction of sp³-hybridized carbons (Fsp3) is 0.250. The maximum Gasteiger partial charge on any atom is 0.345 e. The van der Waals surface area contributed by atoms with Crippen LogP contribution < -0.4 is 19.5 Å². The summed E-state index contributed by atoms with van der Waals surface area (Å²) in [6, 6.07) is 14.9. The van der Waals surface area contributed by atoms with E-state index in [0.29, 0.717) is 11.1 Å². The predicted molar refractivity (Wildman–Crippen MR) is 162 cm³/mol. The molecule has 44 heavy (non-hydrogen) atoms. The summed E-state index contributed by atoms with van der Waals surface area (Å²) in [6.45, 7) is -0.239. The number of phenolic OH excluding ortho intramolecular Hbond substituents is 1. The van der Waals surface area contributed by atoms with E-state index in [1.165, 1.54) is 54.6 Å². The lowest BCUT2D eigenvalue weighted by atomic mass is 10.0. The lowest BCUT2D eigenvalue weighted by Crippen LogP contribution is -2.48. The van der Waals surface area contributed by atoms with Crippen LogP contribution in [0.25, 0.3) is 0 Å². The Kier molecular flexibility index (Phi) is 10.4. The summed E-state index contributed by atoms with van der Waals surface area (Å²) >= 11 is 6.44. The van der Waals surface area contributed by atoms with Gasteiger partial charge in [-0.2, -0.15) is 4.72 Å². The van der Waals surface area contributed by atoms with Crippen LogP contribution in [0.5, 0.6) is 11.5 Å². The number of hydrogen-bond donors (Lipinski definition) is 6.